The molecule has 0 aliphatic carbocycles. The van der Waals surface area contributed by atoms with E-state index in [1.54, 1.807) is 0 Å². The zero-order chi connectivity index (χ0) is 12.8. The van der Waals surface area contributed by atoms with Gasteiger partial charge in [0.05, 0.1) is 0 Å². The Morgan fingerprint density at radius 2 is 2.12 bits per heavy atom. The molecule has 2 heterocycles. The van der Waals surface area contributed by atoms with Gasteiger partial charge in [0.25, 0.3) is 0 Å². The Kier molecular flexibility index (Phi) is 2.89. The highest BCUT2D eigenvalue weighted by atomic mass is 16.6. The SMILES string of the molecule is CC(=O)O[C@@H]1C[C@H]2C(=O)O[C@H](C(C)(C)C)N2C1. The average Bonchev–Trinajstić information content (AvgIpc) is 2.64. The first-order chi connectivity index (χ1) is 7.79. The molecule has 0 unspecified atom stereocenters. The van der Waals surface area contributed by atoms with E-state index in [0.29, 0.717) is 13.0 Å². The van der Waals surface area contributed by atoms with E-state index in [0.717, 1.165) is 0 Å². The summed E-state index contributed by atoms with van der Waals surface area (Å²) in [6, 6.07) is -0.247. The van der Waals surface area contributed by atoms with Crippen LogP contribution in [0.5, 0.6) is 0 Å². The van der Waals surface area contributed by atoms with E-state index in [2.05, 4.69) is 0 Å². The van der Waals surface area contributed by atoms with Crippen molar-refractivity contribution < 1.29 is 19.1 Å². The van der Waals surface area contributed by atoms with Crippen LogP contribution in [0.1, 0.15) is 34.1 Å². The van der Waals surface area contributed by atoms with Gasteiger partial charge in [-0.05, 0) is 0 Å². The van der Waals surface area contributed by atoms with Crippen molar-refractivity contribution in [1.29, 1.82) is 0 Å². The Balaban J connectivity index is 2.10. The minimum absolute atomic E-state index is 0.129. The highest BCUT2D eigenvalue weighted by Gasteiger charge is 2.52. The minimum Gasteiger partial charge on any atom is -0.461 e. The summed E-state index contributed by atoms with van der Waals surface area (Å²) in [4.78, 5) is 24.7. The molecule has 0 N–H and O–H groups in total. The normalized spacial score (nSPS) is 33.4. The second kappa shape index (κ2) is 3.98. The summed E-state index contributed by atoms with van der Waals surface area (Å²) in [6.45, 7) is 8.08. The van der Waals surface area contributed by atoms with Gasteiger partial charge in [-0.15, -0.1) is 0 Å². The van der Waals surface area contributed by atoms with Crippen LogP contribution in [-0.4, -0.2) is 41.8 Å². The Morgan fingerprint density at radius 1 is 1.47 bits per heavy atom. The molecule has 2 saturated heterocycles. The van der Waals surface area contributed by atoms with E-state index in [9.17, 15) is 9.59 Å². The maximum absolute atomic E-state index is 11.7. The van der Waals surface area contributed by atoms with Crippen LogP contribution in [0.2, 0.25) is 0 Å². The molecule has 0 saturated carbocycles. The summed E-state index contributed by atoms with van der Waals surface area (Å²) in [5.74, 6) is -0.489. The summed E-state index contributed by atoms with van der Waals surface area (Å²) in [5, 5.41) is 0. The number of hydrogen-bond acceptors (Lipinski definition) is 5. The predicted octanol–water partition coefficient (Wildman–Crippen LogP) is 0.921. The number of carbonyl (C=O) groups excluding carboxylic acids is 2. The molecule has 3 atom stereocenters. The van der Waals surface area contributed by atoms with Crippen LogP contribution in [0.25, 0.3) is 0 Å². The van der Waals surface area contributed by atoms with Gasteiger partial charge >= 0.3 is 11.9 Å². The number of cyclic esters (lactones) is 1. The fourth-order valence-electron chi connectivity index (χ4n) is 2.56. The van der Waals surface area contributed by atoms with Gasteiger partial charge in [0.15, 0.2) is 6.23 Å². The lowest BCUT2D eigenvalue weighted by molar-refractivity contribution is -0.153. The summed E-state index contributed by atoms with van der Waals surface area (Å²) >= 11 is 0. The first kappa shape index (κ1) is 12.4. The van der Waals surface area contributed by atoms with Gasteiger partial charge in [0.1, 0.15) is 12.1 Å². The van der Waals surface area contributed by atoms with Crippen molar-refractivity contribution in [2.75, 3.05) is 6.54 Å². The third-order valence-electron chi connectivity index (χ3n) is 3.18. The van der Waals surface area contributed by atoms with Crippen LogP contribution in [0, 0.1) is 5.41 Å². The molecule has 96 valence electrons. The first-order valence-electron chi connectivity index (χ1n) is 5.92. The topological polar surface area (TPSA) is 55.8 Å². The van der Waals surface area contributed by atoms with Gasteiger partial charge in [-0.3, -0.25) is 14.5 Å². The summed E-state index contributed by atoms with van der Waals surface area (Å²) in [7, 11) is 0. The summed E-state index contributed by atoms with van der Waals surface area (Å²) < 4.78 is 10.6. The minimum atomic E-state index is -0.295. The fraction of sp³-hybridized carbons (Fsp3) is 0.833. The number of rotatable bonds is 1. The molecule has 2 aliphatic heterocycles. The number of esters is 2. The van der Waals surface area contributed by atoms with Gasteiger partial charge < -0.3 is 9.47 Å². The third kappa shape index (κ3) is 2.29. The van der Waals surface area contributed by atoms with Gasteiger partial charge in [-0.2, -0.15) is 0 Å². The number of carbonyl (C=O) groups is 2. The van der Waals surface area contributed by atoms with Gasteiger partial charge in [-0.25, -0.2) is 0 Å². The fourth-order valence-corrected chi connectivity index (χ4v) is 2.56. The molecule has 2 aliphatic rings. The quantitative estimate of drug-likeness (QED) is 0.639. The predicted molar refractivity (Wildman–Crippen MR) is 60.0 cm³/mol. The molecule has 0 aromatic carbocycles. The second-order valence-corrected chi connectivity index (χ2v) is 5.84. The van der Waals surface area contributed by atoms with Crippen molar-refractivity contribution in [3.8, 4) is 0 Å². The zero-order valence-electron chi connectivity index (χ0n) is 10.7. The Labute approximate surface area is 101 Å². The lowest BCUT2D eigenvalue weighted by Crippen LogP contribution is -2.42. The molecule has 5 heteroatoms. The van der Waals surface area contributed by atoms with E-state index in [1.165, 1.54) is 6.92 Å². The Hall–Kier alpha value is -1.10. The number of fused-ring (bicyclic) bond motifs is 1. The maximum atomic E-state index is 11.7. The van der Waals surface area contributed by atoms with E-state index in [-0.39, 0.29) is 35.7 Å². The molecule has 0 bridgehead atoms. The van der Waals surface area contributed by atoms with Crippen LogP contribution >= 0.6 is 0 Å². The van der Waals surface area contributed by atoms with Crippen LogP contribution in [0.15, 0.2) is 0 Å². The van der Waals surface area contributed by atoms with Gasteiger partial charge in [-0.1, -0.05) is 20.8 Å². The lowest BCUT2D eigenvalue weighted by Gasteiger charge is -2.31. The van der Waals surface area contributed by atoms with Crippen molar-refractivity contribution in [3.05, 3.63) is 0 Å². The van der Waals surface area contributed by atoms with Crippen molar-refractivity contribution >= 4 is 11.9 Å². The smallest absolute Gasteiger partial charge is 0.325 e. The molecule has 0 spiro atoms. The van der Waals surface area contributed by atoms with Crippen molar-refractivity contribution in [2.45, 2.75) is 52.5 Å². The highest BCUT2D eigenvalue weighted by molar-refractivity contribution is 5.78. The van der Waals surface area contributed by atoms with E-state index < -0.39 is 0 Å². The Morgan fingerprint density at radius 3 is 2.65 bits per heavy atom. The highest BCUT2D eigenvalue weighted by Crippen LogP contribution is 2.37. The van der Waals surface area contributed by atoms with E-state index in [1.807, 2.05) is 25.7 Å². The number of hydrogen-bond donors (Lipinski definition) is 0. The number of nitrogens with zero attached hydrogens (tertiary/aromatic N) is 1. The zero-order valence-corrected chi connectivity index (χ0v) is 10.7. The molecule has 5 nitrogen and oxygen atoms in total. The van der Waals surface area contributed by atoms with Crippen LogP contribution in [0.3, 0.4) is 0 Å². The van der Waals surface area contributed by atoms with E-state index >= 15 is 0 Å². The summed E-state index contributed by atoms with van der Waals surface area (Å²) in [6.07, 6.45) is 0.140. The van der Waals surface area contributed by atoms with Gasteiger partial charge in [0.2, 0.25) is 0 Å². The van der Waals surface area contributed by atoms with Gasteiger partial charge in [0, 0.05) is 25.3 Å². The molecule has 0 aromatic rings. The third-order valence-corrected chi connectivity index (χ3v) is 3.18. The molecule has 0 aromatic heterocycles. The lowest BCUT2D eigenvalue weighted by atomic mass is 9.93. The maximum Gasteiger partial charge on any atom is 0.325 e. The Bertz CT molecular complexity index is 347. The van der Waals surface area contributed by atoms with Crippen molar-refractivity contribution in [3.63, 3.8) is 0 Å². The molecule has 0 amide bonds. The molecule has 2 rings (SSSR count). The molecule has 2 fully saturated rings. The molecule has 0 radical (unpaired) electrons. The van der Waals surface area contributed by atoms with Crippen molar-refractivity contribution in [2.24, 2.45) is 5.41 Å². The van der Waals surface area contributed by atoms with Crippen LogP contribution in [-0.2, 0) is 19.1 Å². The second-order valence-electron chi connectivity index (χ2n) is 5.84. The largest absolute Gasteiger partial charge is 0.461 e. The van der Waals surface area contributed by atoms with Crippen LogP contribution in [0.4, 0.5) is 0 Å². The molecular formula is C12H19NO4. The van der Waals surface area contributed by atoms with Crippen molar-refractivity contribution in [1.82, 2.24) is 4.90 Å². The first-order valence-corrected chi connectivity index (χ1v) is 5.92. The molecule has 17 heavy (non-hydrogen) atoms. The monoisotopic (exact) mass is 241 g/mol. The number of ether oxygens (including phenoxy) is 2. The standard InChI is InChI=1S/C12H19NO4/c1-7(14)16-8-5-9-10(15)17-11(12(2,3)4)13(9)6-8/h8-9,11H,5-6H2,1-4H3/t8-,9+,11-/m1/s1. The molecular weight excluding hydrogens is 222 g/mol. The van der Waals surface area contributed by atoms with E-state index in [4.69, 9.17) is 9.47 Å². The van der Waals surface area contributed by atoms with Crippen LogP contribution < -0.4 is 0 Å². The summed E-state index contributed by atoms with van der Waals surface area (Å²) in [5.41, 5.74) is -0.129. The average molecular weight is 241 g/mol.